The van der Waals surface area contributed by atoms with Gasteiger partial charge in [0, 0.05) is 16.4 Å². The number of methoxy groups -OCH3 is 1. The van der Waals surface area contributed by atoms with Crippen molar-refractivity contribution >= 4 is 27.5 Å². The van der Waals surface area contributed by atoms with Gasteiger partial charge in [0.2, 0.25) is 10.0 Å². The van der Waals surface area contributed by atoms with Gasteiger partial charge in [-0.1, -0.05) is 11.6 Å². The smallest absolute Gasteiger partial charge is 0.266 e. The number of hydrogen-bond acceptors (Lipinski definition) is 4. The Kier molecular flexibility index (Phi) is 4.72. The number of sulfonamides is 1. The number of carbonyl (C=O) groups excluding carboxylic acids is 1. The van der Waals surface area contributed by atoms with E-state index in [0.29, 0.717) is 22.2 Å². The molecule has 2 aromatic rings. The molecule has 0 bridgehead atoms. The number of hydrogen-bond donors (Lipinski definition) is 1. The Morgan fingerprint density at radius 1 is 1.26 bits per heavy atom. The van der Waals surface area contributed by atoms with Crippen molar-refractivity contribution in [3.05, 3.63) is 46.2 Å². The molecule has 0 aliphatic heterocycles. The lowest BCUT2D eigenvalue weighted by molar-refractivity contribution is 0.0981. The normalized spacial score (nSPS) is 11.3. The number of ether oxygens (including phenoxy) is 1. The minimum absolute atomic E-state index is 0.273. The Balaban J connectivity index is 2.59. The van der Waals surface area contributed by atoms with Crippen LogP contribution in [-0.2, 0) is 10.0 Å². The first-order chi connectivity index (χ1) is 10.6. The number of nitrogens with zero attached hydrogens (tertiary/aromatic N) is 1. The maximum Gasteiger partial charge on any atom is 0.266 e. The molecule has 1 aromatic heterocycles. The lowest BCUT2D eigenvalue weighted by Crippen LogP contribution is -2.29. The number of aromatic nitrogens is 1. The second-order valence-corrected chi connectivity index (χ2v) is 7.32. The predicted octanol–water partition coefficient (Wildman–Crippen LogP) is 2.45. The molecule has 1 aromatic carbocycles. The summed E-state index contributed by atoms with van der Waals surface area (Å²) in [5.41, 5.74) is 2.29. The zero-order valence-electron chi connectivity index (χ0n) is 13.2. The standard InChI is InChI=1S/C15H17ClN2O4S/c1-9-7-12(15(19)17-23(4,20)21)10(2)18(9)13-8-11(16)5-6-14(13)22-3/h5-8H,1-4H3,(H,17,19). The molecule has 0 fully saturated rings. The first-order valence-corrected chi connectivity index (χ1v) is 8.96. The number of amides is 1. The van der Waals surface area contributed by atoms with E-state index in [0.717, 1.165) is 11.9 Å². The quantitative estimate of drug-likeness (QED) is 0.912. The fraction of sp³-hybridized carbons (Fsp3) is 0.267. The molecular weight excluding hydrogens is 340 g/mol. The van der Waals surface area contributed by atoms with Crippen molar-refractivity contribution in [1.82, 2.24) is 9.29 Å². The maximum absolute atomic E-state index is 12.1. The van der Waals surface area contributed by atoms with E-state index < -0.39 is 15.9 Å². The number of aryl methyl sites for hydroxylation is 1. The van der Waals surface area contributed by atoms with Gasteiger partial charge in [0.05, 0.1) is 24.6 Å². The third kappa shape index (κ3) is 3.68. The Bertz CT molecular complexity index is 872. The van der Waals surface area contributed by atoms with Crippen LogP contribution in [0.5, 0.6) is 5.75 Å². The summed E-state index contributed by atoms with van der Waals surface area (Å²) in [6.07, 6.45) is 0.935. The van der Waals surface area contributed by atoms with Crippen molar-refractivity contribution < 1.29 is 17.9 Å². The van der Waals surface area contributed by atoms with Gasteiger partial charge in [-0.3, -0.25) is 4.79 Å². The molecule has 0 atom stereocenters. The topological polar surface area (TPSA) is 77.4 Å². The number of halogens is 1. The molecule has 0 aliphatic carbocycles. The van der Waals surface area contributed by atoms with Gasteiger partial charge in [0.25, 0.3) is 5.91 Å². The summed E-state index contributed by atoms with van der Waals surface area (Å²) in [4.78, 5) is 12.1. The van der Waals surface area contributed by atoms with E-state index in [9.17, 15) is 13.2 Å². The van der Waals surface area contributed by atoms with Crippen molar-refractivity contribution in [2.75, 3.05) is 13.4 Å². The molecule has 2 rings (SSSR count). The summed E-state index contributed by atoms with van der Waals surface area (Å²) in [7, 11) is -2.09. The van der Waals surface area contributed by atoms with Crippen LogP contribution in [-0.4, -0.2) is 32.3 Å². The monoisotopic (exact) mass is 356 g/mol. The van der Waals surface area contributed by atoms with Crippen LogP contribution in [0.2, 0.25) is 5.02 Å². The van der Waals surface area contributed by atoms with Crippen LogP contribution in [0, 0.1) is 13.8 Å². The summed E-state index contributed by atoms with van der Waals surface area (Å²) >= 11 is 6.06. The molecule has 0 saturated carbocycles. The molecule has 1 heterocycles. The van der Waals surface area contributed by atoms with Crippen LogP contribution in [0.15, 0.2) is 24.3 Å². The molecule has 1 amide bonds. The van der Waals surface area contributed by atoms with Crippen LogP contribution in [0.25, 0.3) is 5.69 Å². The average molecular weight is 357 g/mol. The third-order valence-corrected chi connectivity index (χ3v) is 4.13. The molecule has 0 unspecified atom stereocenters. The largest absolute Gasteiger partial charge is 0.495 e. The van der Waals surface area contributed by atoms with Crippen LogP contribution < -0.4 is 9.46 Å². The van der Waals surface area contributed by atoms with Gasteiger partial charge >= 0.3 is 0 Å². The highest BCUT2D eigenvalue weighted by Crippen LogP contribution is 2.30. The Labute approximate surface area is 140 Å². The van der Waals surface area contributed by atoms with Crippen molar-refractivity contribution in [3.63, 3.8) is 0 Å². The fourth-order valence-corrected chi connectivity index (χ4v) is 3.04. The van der Waals surface area contributed by atoms with Gasteiger partial charge in [-0.05, 0) is 38.1 Å². The molecule has 0 saturated heterocycles. The molecule has 0 radical (unpaired) electrons. The number of rotatable bonds is 4. The van der Waals surface area contributed by atoms with Crippen LogP contribution in [0.4, 0.5) is 0 Å². The molecule has 1 N–H and O–H groups in total. The highest BCUT2D eigenvalue weighted by Gasteiger charge is 2.20. The van der Waals surface area contributed by atoms with Gasteiger partial charge in [0.15, 0.2) is 0 Å². The third-order valence-electron chi connectivity index (χ3n) is 3.34. The van der Waals surface area contributed by atoms with Gasteiger partial charge in [-0.2, -0.15) is 0 Å². The summed E-state index contributed by atoms with van der Waals surface area (Å²) < 4.78 is 31.6. The molecule has 124 valence electrons. The van der Waals surface area contributed by atoms with E-state index in [2.05, 4.69) is 0 Å². The zero-order chi connectivity index (χ0) is 17.4. The molecule has 23 heavy (non-hydrogen) atoms. The van der Waals surface area contributed by atoms with Crippen LogP contribution in [0.3, 0.4) is 0 Å². The maximum atomic E-state index is 12.1. The summed E-state index contributed by atoms with van der Waals surface area (Å²) in [6, 6.07) is 6.77. The first kappa shape index (κ1) is 17.4. The molecule has 8 heteroatoms. The average Bonchev–Trinajstić information content (AvgIpc) is 2.72. The van der Waals surface area contributed by atoms with E-state index in [1.807, 2.05) is 11.6 Å². The van der Waals surface area contributed by atoms with Crippen LogP contribution >= 0.6 is 11.6 Å². The number of nitrogens with one attached hydrogen (secondary N) is 1. The van der Waals surface area contributed by atoms with E-state index >= 15 is 0 Å². The van der Waals surface area contributed by atoms with Gasteiger partial charge in [0.1, 0.15) is 5.75 Å². The second-order valence-electron chi connectivity index (χ2n) is 5.14. The predicted molar refractivity (Wildman–Crippen MR) is 89.1 cm³/mol. The van der Waals surface area contributed by atoms with Crippen molar-refractivity contribution in [1.29, 1.82) is 0 Å². The van der Waals surface area contributed by atoms with E-state index in [1.54, 1.807) is 35.8 Å². The molecule has 6 nitrogen and oxygen atoms in total. The lowest BCUT2D eigenvalue weighted by Gasteiger charge is -2.14. The zero-order valence-corrected chi connectivity index (χ0v) is 14.7. The van der Waals surface area contributed by atoms with Crippen molar-refractivity contribution in [2.24, 2.45) is 0 Å². The van der Waals surface area contributed by atoms with E-state index in [1.165, 1.54) is 7.11 Å². The second kappa shape index (κ2) is 6.25. The van der Waals surface area contributed by atoms with Crippen molar-refractivity contribution in [3.8, 4) is 11.4 Å². The van der Waals surface area contributed by atoms with E-state index in [4.69, 9.17) is 16.3 Å². The van der Waals surface area contributed by atoms with Gasteiger partial charge in [-0.15, -0.1) is 0 Å². The SMILES string of the molecule is COc1ccc(Cl)cc1-n1c(C)cc(C(=O)NS(C)(=O)=O)c1C. The number of benzene rings is 1. The molecule has 0 aliphatic rings. The van der Waals surface area contributed by atoms with Crippen LogP contribution in [0.1, 0.15) is 21.7 Å². The molecular formula is C15H17ClN2O4S. The first-order valence-electron chi connectivity index (χ1n) is 6.69. The minimum Gasteiger partial charge on any atom is -0.495 e. The van der Waals surface area contributed by atoms with Gasteiger partial charge in [-0.25, -0.2) is 13.1 Å². The number of carbonyl (C=O) groups is 1. The summed E-state index contributed by atoms with van der Waals surface area (Å²) in [6.45, 7) is 3.54. The van der Waals surface area contributed by atoms with E-state index in [-0.39, 0.29) is 5.56 Å². The Hall–Kier alpha value is -1.99. The Morgan fingerprint density at radius 3 is 2.48 bits per heavy atom. The summed E-state index contributed by atoms with van der Waals surface area (Å²) in [5, 5.41) is 0.524. The summed E-state index contributed by atoms with van der Waals surface area (Å²) in [5.74, 6) is -0.0842. The van der Waals surface area contributed by atoms with Crippen molar-refractivity contribution in [2.45, 2.75) is 13.8 Å². The van der Waals surface area contributed by atoms with Gasteiger partial charge < -0.3 is 9.30 Å². The molecule has 0 spiro atoms. The lowest BCUT2D eigenvalue weighted by atomic mass is 10.2. The highest BCUT2D eigenvalue weighted by molar-refractivity contribution is 7.89. The minimum atomic E-state index is -3.63. The Morgan fingerprint density at radius 2 is 1.91 bits per heavy atom. The highest BCUT2D eigenvalue weighted by atomic mass is 35.5. The fourth-order valence-electron chi connectivity index (χ4n) is 2.42.